The molecule has 1 heterocycles. The number of halogens is 2. The van der Waals surface area contributed by atoms with E-state index in [-0.39, 0.29) is 24.4 Å². The molecule has 1 fully saturated rings. The number of hydrogen-bond acceptors (Lipinski definition) is 2. The number of guanidine groups is 1. The van der Waals surface area contributed by atoms with Gasteiger partial charge >= 0.3 is 0 Å². The van der Waals surface area contributed by atoms with Crippen molar-refractivity contribution in [3.63, 3.8) is 0 Å². The second-order valence-electron chi connectivity index (χ2n) is 4.80. The first-order valence-electron chi connectivity index (χ1n) is 6.15. The summed E-state index contributed by atoms with van der Waals surface area (Å²) < 4.78 is 0. The van der Waals surface area contributed by atoms with Gasteiger partial charge in [0, 0.05) is 16.5 Å². The van der Waals surface area contributed by atoms with E-state index in [2.05, 4.69) is 5.10 Å². The molecule has 2 atom stereocenters. The number of benzene rings is 1. The van der Waals surface area contributed by atoms with Crippen LogP contribution in [0.4, 0.5) is 0 Å². The Balaban J connectivity index is 0.00000133. The molecule has 3 rings (SSSR count). The van der Waals surface area contributed by atoms with Crippen molar-refractivity contribution in [1.82, 2.24) is 5.01 Å². The lowest BCUT2D eigenvalue weighted by atomic mass is 9.93. The molecular formula is C13H16Cl2N4. The zero-order chi connectivity index (χ0) is 12.7. The van der Waals surface area contributed by atoms with Gasteiger partial charge < -0.3 is 5.73 Å². The van der Waals surface area contributed by atoms with Crippen LogP contribution >= 0.6 is 24.0 Å². The summed E-state index contributed by atoms with van der Waals surface area (Å²) in [5, 5.41) is 14.5. The molecule has 4 nitrogen and oxygen atoms in total. The largest absolute Gasteiger partial charge is 0.369 e. The molecule has 3 N–H and O–H groups in total. The highest BCUT2D eigenvalue weighted by Gasteiger charge is 2.42. The van der Waals surface area contributed by atoms with E-state index in [1.807, 2.05) is 24.3 Å². The van der Waals surface area contributed by atoms with Crippen molar-refractivity contribution < 1.29 is 0 Å². The molecule has 0 amide bonds. The summed E-state index contributed by atoms with van der Waals surface area (Å²) in [6, 6.07) is 7.98. The Labute approximate surface area is 123 Å². The minimum atomic E-state index is 0. The Bertz CT molecular complexity index is 529. The average molecular weight is 299 g/mol. The fourth-order valence-corrected chi connectivity index (χ4v) is 3.20. The van der Waals surface area contributed by atoms with Crippen LogP contribution in [0.15, 0.2) is 29.4 Å². The van der Waals surface area contributed by atoms with E-state index in [9.17, 15) is 0 Å². The number of nitrogens with one attached hydrogen (secondary N) is 1. The third-order valence-corrected chi connectivity index (χ3v) is 4.09. The van der Waals surface area contributed by atoms with Crippen molar-refractivity contribution in [3.05, 3.63) is 34.9 Å². The maximum Gasteiger partial charge on any atom is 0.209 e. The molecule has 1 aromatic rings. The van der Waals surface area contributed by atoms with Crippen LogP contribution in [0.2, 0.25) is 5.02 Å². The van der Waals surface area contributed by atoms with Gasteiger partial charge in [-0.05, 0) is 18.9 Å². The first-order valence-corrected chi connectivity index (χ1v) is 6.53. The molecule has 0 bridgehead atoms. The topological polar surface area (TPSA) is 65.5 Å². The van der Waals surface area contributed by atoms with Crippen molar-refractivity contribution in [1.29, 1.82) is 5.41 Å². The lowest BCUT2D eigenvalue weighted by Gasteiger charge is -2.20. The SMILES string of the molecule is Cl.N=C(N)N1N=C(c2ccccc2Cl)C2CCCC21. The molecule has 0 saturated heterocycles. The number of hydrogen-bond donors (Lipinski definition) is 2. The third kappa shape index (κ3) is 2.30. The number of nitrogens with two attached hydrogens (primary N) is 1. The normalized spacial score (nSPS) is 24.7. The quantitative estimate of drug-likeness (QED) is 0.618. The van der Waals surface area contributed by atoms with Crippen LogP contribution in [0.1, 0.15) is 24.8 Å². The zero-order valence-electron chi connectivity index (χ0n) is 10.3. The number of nitrogens with zero attached hydrogens (tertiary/aromatic N) is 2. The Hall–Kier alpha value is -1.26. The molecule has 0 spiro atoms. The lowest BCUT2D eigenvalue weighted by Crippen LogP contribution is -2.38. The second-order valence-corrected chi connectivity index (χ2v) is 5.21. The number of fused-ring (bicyclic) bond motifs is 1. The maximum atomic E-state index is 7.61. The van der Waals surface area contributed by atoms with Gasteiger partial charge in [-0.2, -0.15) is 5.10 Å². The Morgan fingerprint density at radius 3 is 2.79 bits per heavy atom. The van der Waals surface area contributed by atoms with Gasteiger partial charge in [-0.1, -0.05) is 36.2 Å². The molecule has 0 aromatic heterocycles. The Morgan fingerprint density at radius 1 is 1.37 bits per heavy atom. The van der Waals surface area contributed by atoms with E-state index in [0.29, 0.717) is 10.9 Å². The standard InChI is InChI=1S/C13H15ClN4.ClH/c14-10-6-2-1-4-8(10)12-9-5-3-7-11(9)18(17-12)13(15)16;/h1-2,4,6,9,11H,3,5,7H2,(H3,15,16);1H. The first-order chi connectivity index (χ1) is 8.68. The van der Waals surface area contributed by atoms with Crippen molar-refractivity contribution in [2.45, 2.75) is 25.3 Å². The van der Waals surface area contributed by atoms with Crippen LogP contribution in [0.25, 0.3) is 0 Å². The van der Waals surface area contributed by atoms with Crippen molar-refractivity contribution in [3.8, 4) is 0 Å². The molecule has 6 heteroatoms. The summed E-state index contributed by atoms with van der Waals surface area (Å²) in [6.45, 7) is 0. The second kappa shape index (κ2) is 5.39. The van der Waals surface area contributed by atoms with Crippen LogP contribution in [0.5, 0.6) is 0 Å². The maximum absolute atomic E-state index is 7.61. The van der Waals surface area contributed by atoms with Gasteiger partial charge in [0.05, 0.1) is 11.8 Å². The summed E-state index contributed by atoms with van der Waals surface area (Å²) in [6.07, 6.45) is 3.29. The van der Waals surface area contributed by atoms with E-state index in [1.54, 1.807) is 5.01 Å². The summed E-state index contributed by atoms with van der Waals surface area (Å²) in [4.78, 5) is 0. The molecule has 102 valence electrons. The molecule has 1 saturated carbocycles. The molecule has 2 unspecified atom stereocenters. The van der Waals surface area contributed by atoms with Crippen molar-refractivity contribution in [2.24, 2.45) is 16.8 Å². The predicted octanol–water partition coefficient (Wildman–Crippen LogP) is 2.84. The van der Waals surface area contributed by atoms with Gasteiger partial charge in [0.25, 0.3) is 0 Å². The zero-order valence-corrected chi connectivity index (χ0v) is 11.9. The molecule has 0 radical (unpaired) electrons. The number of hydrazone groups is 1. The fourth-order valence-electron chi connectivity index (χ4n) is 2.97. The van der Waals surface area contributed by atoms with Crippen LogP contribution in [0.3, 0.4) is 0 Å². The average Bonchev–Trinajstić information content (AvgIpc) is 2.90. The van der Waals surface area contributed by atoms with Crippen molar-refractivity contribution >= 4 is 35.7 Å². The van der Waals surface area contributed by atoms with E-state index < -0.39 is 0 Å². The third-order valence-electron chi connectivity index (χ3n) is 3.76. The van der Waals surface area contributed by atoms with E-state index in [4.69, 9.17) is 22.7 Å². The van der Waals surface area contributed by atoms with Crippen LogP contribution in [0, 0.1) is 11.3 Å². The van der Waals surface area contributed by atoms with Crippen LogP contribution in [-0.2, 0) is 0 Å². The van der Waals surface area contributed by atoms with Gasteiger partial charge in [0.1, 0.15) is 0 Å². The first kappa shape index (κ1) is 14.2. The minimum Gasteiger partial charge on any atom is -0.369 e. The monoisotopic (exact) mass is 298 g/mol. The summed E-state index contributed by atoms with van der Waals surface area (Å²) in [5.74, 6) is 0.378. The Kier molecular flexibility index (Phi) is 4.02. The summed E-state index contributed by atoms with van der Waals surface area (Å²) in [5.41, 5.74) is 7.56. The van der Waals surface area contributed by atoms with E-state index >= 15 is 0 Å². The number of rotatable bonds is 1. The van der Waals surface area contributed by atoms with E-state index in [1.165, 1.54) is 0 Å². The summed E-state index contributed by atoms with van der Waals surface area (Å²) >= 11 is 6.24. The molecular weight excluding hydrogens is 283 g/mol. The van der Waals surface area contributed by atoms with Gasteiger partial charge in [-0.15, -0.1) is 12.4 Å². The van der Waals surface area contributed by atoms with Gasteiger partial charge in [-0.3, -0.25) is 5.41 Å². The highest BCUT2D eigenvalue weighted by molar-refractivity contribution is 6.34. The summed E-state index contributed by atoms with van der Waals surface area (Å²) in [7, 11) is 0. The smallest absolute Gasteiger partial charge is 0.209 e. The molecule has 1 aliphatic heterocycles. The highest BCUT2D eigenvalue weighted by atomic mass is 35.5. The predicted molar refractivity (Wildman–Crippen MR) is 80.1 cm³/mol. The van der Waals surface area contributed by atoms with Gasteiger partial charge in [0.2, 0.25) is 5.96 Å². The minimum absolute atomic E-state index is 0. The van der Waals surface area contributed by atoms with Gasteiger partial charge in [-0.25, -0.2) is 5.01 Å². The molecule has 1 aromatic carbocycles. The highest BCUT2D eigenvalue weighted by Crippen LogP contribution is 2.39. The van der Waals surface area contributed by atoms with E-state index in [0.717, 1.165) is 30.5 Å². The van der Waals surface area contributed by atoms with Crippen molar-refractivity contribution in [2.75, 3.05) is 0 Å². The van der Waals surface area contributed by atoms with Crippen LogP contribution in [-0.4, -0.2) is 22.7 Å². The Morgan fingerprint density at radius 2 is 2.11 bits per heavy atom. The fraction of sp³-hybridized carbons (Fsp3) is 0.385. The van der Waals surface area contributed by atoms with Crippen LogP contribution < -0.4 is 5.73 Å². The molecule has 19 heavy (non-hydrogen) atoms. The van der Waals surface area contributed by atoms with Gasteiger partial charge in [0.15, 0.2) is 0 Å². The molecule has 1 aliphatic carbocycles. The molecule has 2 aliphatic rings. The lowest BCUT2D eigenvalue weighted by molar-refractivity contribution is 0.331.